The molecule has 0 saturated carbocycles. The Morgan fingerprint density at radius 3 is 2.67 bits per heavy atom. The zero-order valence-corrected chi connectivity index (χ0v) is 11.1. The summed E-state index contributed by atoms with van der Waals surface area (Å²) in [6, 6.07) is 0. The van der Waals surface area contributed by atoms with Gasteiger partial charge in [0.2, 0.25) is 0 Å². The number of nitrogen functional groups attached to an aromatic ring is 1. The number of aliphatic hydroxyl groups is 3. The summed E-state index contributed by atoms with van der Waals surface area (Å²) in [6.45, 7) is -0.176. The lowest BCUT2D eigenvalue weighted by atomic mass is 10.1. The van der Waals surface area contributed by atoms with Crippen LogP contribution in [0.1, 0.15) is 11.8 Å². The first-order valence-corrected chi connectivity index (χ1v) is 6.51. The van der Waals surface area contributed by atoms with Gasteiger partial charge in [-0.2, -0.15) is 0 Å². The lowest BCUT2D eigenvalue weighted by molar-refractivity contribution is -0.0509. The fraction of sp³-hybridized carbons (Fsp3) is 0.500. The highest BCUT2D eigenvalue weighted by Gasteiger charge is 2.44. The van der Waals surface area contributed by atoms with Gasteiger partial charge in [-0.05, 0) is 5.56 Å². The Labute approximate surface area is 119 Å². The molecule has 1 aliphatic heterocycles. The molecule has 1 saturated heterocycles. The summed E-state index contributed by atoms with van der Waals surface area (Å²) in [4.78, 5) is 8.07. The summed E-state index contributed by atoms with van der Waals surface area (Å²) in [6.07, 6.45) is -1.15. The second-order valence-corrected chi connectivity index (χ2v) is 4.95. The maximum Gasteiger partial charge on any atom is 0.164 e. The monoisotopic (exact) mass is 295 g/mol. The normalized spacial score (nSPS) is 29.3. The van der Waals surface area contributed by atoms with Crippen LogP contribution in [0.5, 0.6) is 0 Å². The molecule has 0 aliphatic carbocycles. The molecule has 1 aliphatic rings. The van der Waals surface area contributed by atoms with E-state index in [1.165, 1.54) is 6.33 Å². The Kier molecular flexibility index (Phi) is 3.51. The number of ether oxygens (including phenoxy) is 1. The summed E-state index contributed by atoms with van der Waals surface area (Å²) in [5.41, 5.74) is 12.7. The number of nitrogens with zero attached hydrogens (tertiary/aromatic N) is 3. The van der Waals surface area contributed by atoms with E-state index >= 15 is 0 Å². The van der Waals surface area contributed by atoms with Crippen LogP contribution in [0.2, 0.25) is 0 Å². The second kappa shape index (κ2) is 5.20. The molecule has 4 atom stereocenters. The average molecular weight is 295 g/mol. The van der Waals surface area contributed by atoms with Crippen molar-refractivity contribution in [2.24, 2.45) is 5.73 Å². The van der Waals surface area contributed by atoms with Crippen LogP contribution in [0.4, 0.5) is 5.82 Å². The number of rotatable bonds is 3. The number of anilines is 1. The third kappa shape index (κ3) is 2.06. The van der Waals surface area contributed by atoms with Crippen molar-refractivity contribution in [3.8, 4) is 0 Å². The largest absolute Gasteiger partial charge is 0.394 e. The number of aromatic nitrogens is 3. The number of nitrogens with two attached hydrogens (primary N) is 2. The van der Waals surface area contributed by atoms with Gasteiger partial charge in [-0.15, -0.1) is 0 Å². The first-order valence-electron chi connectivity index (χ1n) is 6.51. The van der Waals surface area contributed by atoms with E-state index in [0.717, 1.165) is 0 Å². The van der Waals surface area contributed by atoms with E-state index in [0.29, 0.717) is 16.6 Å². The molecule has 3 heterocycles. The minimum Gasteiger partial charge on any atom is -0.394 e. The van der Waals surface area contributed by atoms with Crippen LogP contribution in [0.3, 0.4) is 0 Å². The zero-order valence-electron chi connectivity index (χ0n) is 11.1. The van der Waals surface area contributed by atoms with Crippen LogP contribution in [-0.4, -0.2) is 54.8 Å². The maximum absolute atomic E-state index is 10.1. The SMILES string of the molecule is NCc1cn([C@@H]2O[C@@H](CO)[C@@H](O)[C@@H]2O)c2ncnc(N)c12. The van der Waals surface area contributed by atoms with Crippen molar-refractivity contribution in [2.75, 3.05) is 12.3 Å². The quantitative estimate of drug-likeness (QED) is 0.439. The van der Waals surface area contributed by atoms with Crippen molar-refractivity contribution >= 4 is 16.9 Å². The van der Waals surface area contributed by atoms with Gasteiger partial charge >= 0.3 is 0 Å². The second-order valence-electron chi connectivity index (χ2n) is 4.95. The Hall–Kier alpha value is -1.78. The van der Waals surface area contributed by atoms with E-state index in [2.05, 4.69) is 9.97 Å². The van der Waals surface area contributed by atoms with Gasteiger partial charge in [-0.25, -0.2) is 9.97 Å². The lowest BCUT2D eigenvalue weighted by Gasteiger charge is -2.17. The van der Waals surface area contributed by atoms with E-state index in [9.17, 15) is 10.2 Å². The minimum atomic E-state index is -1.19. The van der Waals surface area contributed by atoms with Crippen LogP contribution in [0, 0.1) is 0 Å². The highest BCUT2D eigenvalue weighted by molar-refractivity contribution is 5.89. The molecule has 0 unspecified atom stereocenters. The molecule has 21 heavy (non-hydrogen) atoms. The molecule has 9 nitrogen and oxygen atoms in total. The molecule has 114 valence electrons. The van der Waals surface area contributed by atoms with E-state index in [1.54, 1.807) is 10.8 Å². The Bertz CT molecular complexity index is 660. The lowest BCUT2D eigenvalue weighted by Crippen LogP contribution is -2.33. The van der Waals surface area contributed by atoms with Gasteiger partial charge < -0.3 is 36.1 Å². The molecule has 7 N–H and O–H groups in total. The standard InChI is InChI=1S/C12H17N5O4/c13-1-5-2-17(11-7(5)10(14)15-4-16-11)12-9(20)8(19)6(3-18)21-12/h2,4,6,8-9,12,18-20H,1,3,13H2,(H2,14,15,16)/t6-,8+,9-,12+/m0/s1. The zero-order chi connectivity index (χ0) is 15.1. The van der Waals surface area contributed by atoms with Gasteiger partial charge in [-0.1, -0.05) is 0 Å². The van der Waals surface area contributed by atoms with Crippen LogP contribution in [0.25, 0.3) is 11.0 Å². The third-order valence-electron chi connectivity index (χ3n) is 3.73. The molecule has 0 spiro atoms. The number of hydrogen-bond donors (Lipinski definition) is 5. The first-order chi connectivity index (χ1) is 10.1. The molecule has 0 amide bonds. The van der Waals surface area contributed by atoms with Gasteiger partial charge in [0.1, 0.15) is 36.1 Å². The molecule has 0 radical (unpaired) electrons. The molecular formula is C12H17N5O4. The molecule has 2 aromatic heterocycles. The number of hydrogen-bond acceptors (Lipinski definition) is 8. The summed E-state index contributed by atoms with van der Waals surface area (Å²) in [5, 5.41) is 29.7. The van der Waals surface area contributed by atoms with Gasteiger partial charge in [0.05, 0.1) is 12.0 Å². The molecule has 0 aromatic carbocycles. The van der Waals surface area contributed by atoms with Crippen molar-refractivity contribution in [1.29, 1.82) is 0 Å². The average Bonchev–Trinajstić information content (AvgIpc) is 2.99. The van der Waals surface area contributed by atoms with Crippen molar-refractivity contribution in [3.63, 3.8) is 0 Å². The molecule has 0 bridgehead atoms. The first kappa shape index (κ1) is 14.2. The third-order valence-corrected chi connectivity index (χ3v) is 3.73. The van der Waals surface area contributed by atoms with Crippen molar-refractivity contribution in [2.45, 2.75) is 31.1 Å². The van der Waals surface area contributed by atoms with E-state index in [4.69, 9.17) is 21.3 Å². The highest BCUT2D eigenvalue weighted by Crippen LogP contribution is 2.34. The van der Waals surface area contributed by atoms with E-state index in [-0.39, 0.29) is 12.4 Å². The maximum atomic E-state index is 10.1. The summed E-state index contributed by atoms with van der Waals surface area (Å²) in [5.74, 6) is 0.283. The molecule has 2 aromatic rings. The molecule has 3 rings (SSSR count). The molecule has 1 fully saturated rings. The van der Waals surface area contributed by atoms with Crippen LogP contribution in [-0.2, 0) is 11.3 Å². The predicted octanol–water partition coefficient (Wildman–Crippen LogP) is -1.92. The van der Waals surface area contributed by atoms with Crippen LogP contribution >= 0.6 is 0 Å². The Morgan fingerprint density at radius 2 is 2.05 bits per heavy atom. The Morgan fingerprint density at radius 1 is 1.29 bits per heavy atom. The summed E-state index contributed by atoms with van der Waals surface area (Å²) < 4.78 is 7.05. The van der Waals surface area contributed by atoms with Gasteiger partial charge in [0, 0.05) is 12.7 Å². The molecule has 9 heteroatoms. The van der Waals surface area contributed by atoms with Crippen LogP contribution < -0.4 is 11.5 Å². The van der Waals surface area contributed by atoms with Crippen molar-refractivity contribution < 1.29 is 20.1 Å². The predicted molar refractivity (Wildman–Crippen MR) is 72.8 cm³/mol. The smallest absolute Gasteiger partial charge is 0.164 e. The summed E-state index contributed by atoms with van der Waals surface area (Å²) in [7, 11) is 0. The van der Waals surface area contributed by atoms with Crippen molar-refractivity contribution in [1.82, 2.24) is 14.5 Å². The van der Waals surface area contributed by atoms with E-state index < -0.39 is 31.1 Å². The van der Waals surface area contributed by atoms with Crippen molar-refractivity contribution in [3.05, 3.63) is 18.1 Å². The van der Waals surface area contributed by atoms with Gasteiger partial charge in [0.15, 0.2) is 6.23 Å². The van der Waals surface area contributed by atoms with E-state index in [1.807, 2.05) is 0 Å². The fourth-order valence-electron chi connectivity index (χ4n) is 2.65. The summed E-state index contributed by atoms with van der Waals surface area (Å²) >= 11 is 0. The fourth-order valence-corrected chi connectivity index (χ4v) is 2.65. The number of aliphatic hydroxyl groups excluding tert-OH is 3. The van der Waals surface area contributed by atoms with Gasteiger partial charge in [0.25, 0.3) is 0 Å². The highest BCUT2D eigenvalue weighted by atomic mass is 16.6. The Balaban J connectivity index is 2.11. The van der Waals surface area contributed by atoms with Crippen LogP contribution in [0.15, 0.2) is 12.5 Å². The topological polar surface area (TPSA) is 153 Å². The minimum absolute atomic E-state index is 0.218. The molecular weight excluding hydrogens is 278 g/mol. The number of fused-ring (bicyclic) bond motifs is 1. The van der Waals surface area contributed by atoms with Gasteiger partial charge in [-0.3, -0.25) is 0 Å².